The van der Waals surface area contributed by atoms with E-state index in [0.717, 1.165) is 70.6 Å². The molecule has 0 bridgehead atoms. The summed E-state index contributed by atoms with van der Waals surface area (Å²) in [6, 6.07) is -1.42. The van der Waals surface area contributed by atoms with Crippen LogP contribution in [0.25, 0.3) is 0 Å². The number of Topliss-reactive ketones (excluding diaryl/α,β-unsaturated/α-hetero) is 1. The number of carboxylic acids is 2. The number of amides is 3. The lowest BCUT2D eigenvalue weighted by molar-refractivity contribution is -0.142. The van der Waals surface area contributed by atoms with Crippen LogP contribution in [0.2, 0.25) is 0 Å². The van der Waals surface area contributed by atoms with Gasteiger partial charge in [0.25, 0.3) is 0 Å². The molecule has 0 saturated heterocycles. The zero-order chi connectivity index (χ0) is 35.1. The molecule has 0 radical (unpaired) electrons. The fraction of sp³-hybridized carbons (Fsp3) is 0.812. The summed E-state index contributed by atoms with van der Waals surface area (Å²) in [5.41, 5.74) is 0. The number of hydrogen-bond acceptors (Lipinski definition) is 10. The SMILES string of the molecule is CC(=O)[C@H](CCCCNC(=O)COCCOCCNC(=O)CC[C@H](NC(=O)CCCCCCCCCCCCC(=O)O)C(=O)O)NS. The van der Waals surface area contributed by atoms with E-state index >= 15 is 0 Å². The third-order valence-electron chi connectivity index (χ3n) is 7.40. The highest BCUT2D eigenvalue weighted by atomic mass is 32.1. The average molecular weight is 691 g/mol. The lowest BCUT2D eigenvalue weighted by Crippen LogP contribution is -2.41. The molecule has 47 heavy (non-hydrogen) atoms. The van der Waals surface area contributed by atoms with E-state index in [2.05, 4.69) is 33.5 Å². The summed E-state index contributed by atoms with van der Waals surface area (Å²) in [6.07, 6.45) is 12.3. The Labute approximate surface area is 284 Å². The molecule has 0 saturated carbocycles. The molecule has 0 aromatic rings. The summed E-state index contributed by atoms with van der Waals surface area (Å²) < 4.78 is 13.3. The minimum absolute atomic E-state index is 0.0220. The van der Waals surface area contributed by atoms with Crippen molar-refractivity contribution in [2.24, 2.45) is 0 Å². The van der Waals surface area contributed by atoms with Crippen molar-refractivity contribution in [2.75, 3.05) is 39.5 Å². The van der Waals surface area contributed by atoms with Crippen molar-refractivity contribution in [1.29, 1.82) is 0 Å². The second kappa shape index (κ2) is 30.6. The molecule has 3 amide bonds. The molecule has 0 unspecified atom stereocenters. The predicted octanol–water partition coefficient (Wildman–Crippen LogP) is 2.93. The number of ether oxygens (including phenoxy) is 2. The van der Waals surface area contributed by atoms with Gasteiger partial charge in [-0.1, -0.05) is 64.2 Å². The van der Waals surface area contributed by atoms with E-state index in [9.17, 15) is 33.9 Å². The lowest BCUT2D eigenvalue weighted by atomic mass is 10.0. The van der Waals surface area contributed by atoms with E-state index in [1.165, 1.54) is 6.92 Å². The molecule has 0 heterocycles. The number of ketones is 1. The van der Waals surface area contributed by atoms with Gasteiger partial charge >= 0.3 is 11.9 Å². The molecule has 0 rings (SSSR count). The molecule has 15 heteroatoms. The number of rotatable bonds is 33. The second-order valence-electron chi connectivity index (χ2n) is 11.6. The largest absolute Gasteiger partial charge is 0.481 e. The zero-order valence-corrected chi connectivity index (χ0v) is 28.9. The molecule has 0 spiro atoms. The smallest absolute Gasteiger partial charge is 0.326 e. The number of thiol groups is 1. The van der Waals surface area contributed by atoms with E-state index in [0.29, 0.717) is 19.4 Å². The van der Waals surface area contributed by atoms with Crippen LogP contribution in [0.4, 0.5) is 0 Å². The van der Waals surface area contributed by atoms with Gasteiger partial charge in [0.1, 0.15) is 18.4 Å². The summed E-state index contributed by atoms with van der Waals surface area (Å²) in [6.45, 7) is 2.77. The maximum atomic E-state index is 12.2. The number of aliphatic carboxylic acids is 2. The van der Waals surface area contributed by atoms with Crippen molar-refractivity contribution in [1.82, 2.24) is 20.7 Å². The van der Waals surface area contributed by atoms with Gasteiger partial charge in [0.2, 0.25) is 17.7 Å². The Morgan fingerprint density at radius 2 is 1.17 bits per heavy atom. The van der Waals surface area contributed by atoms with E-state index in [4.69, 9.17) is 14.6 Å². The first-order chi connectivity index (χ1) is 22.6. The molecule has 0 aliphatic heterocycles. The highest BCUT2D eigenvalue weighted by Gasteiger charge is 2.20. The summed E-state index contributed by atoms with van der Waals surface area (Å²) >= 11 is 3.93. The minimum atomic E-state index is -1.18. The minimum Gasteiger partial charge on any atom is -0.481 e. The third kappa shape index (κ3) is 29.1. The van der Waals surface area contributed by atoms with Crippen LogP contribution in [-0.4, -0.2) is 97.3 Å². The Kier molecular flexibility index (Phi) is 28.8. The highest BCUT2D eigenvalue weighted by Crippen LogP contribution is 2.12. The first kappa shape index (κ1) is 44.2. The Bertz CT molecular complexity index is 909. The standard InChI is InChI=1S/C32H58N4O10S/c1-25(37)26(36-47)14-12-13-19-33-30(40)24-46-23-22-45-21-20-34-28(38)18-17-27(32(43)44)35-29(39)15-10-8-6-4-2-3-5-7-9-11-16-31(41)42/h26-27,36,47H,2-24H2,1H3,(H,33,40)(H,34,38)(H,35,39)(H,41,42)(H,43,44)/t26-,27-/m0/s1. The van der Waals surface area contributed by atoms with Crippen LogP contribution >= 0.6 is 12.8 Å². The molecule has 272 valence electrons. The summed E-state index contributed by atoms with van der Waals surface area (Å²) in [7, 11) is 0. The Morgan fingerprint density at radius 1 is 0.596 bits per heavy atom. The van der Waals surface area contributed by atoms with Gasteiger partial charge in [-0.25, -0.2) is 4.79 Å². The molecule has 2 atom stereocenters. The van der Waals surface area contributed by atoms with E-state index in [1.807, 2.05) is 0 Å². The molecule has 0 aliphatic rings. The molecule has 0 aliphatic carbocycles. The van der Waals surface area contributed by atoms with E-state index in [-0.39, 0.29) is 88.2 Å². The van der Waals surface area contributed by atoms with Gasteiger partial charge in [0.05, 0.1) is 25.9 Å². The van der Waals surface area contributed by atoms with Crippen molar-refractivity contribution in [3.05, 3.63) is 0 Å². The fourth-order valence-electron chi connectivity index (χ4n) is 4.62. The molecule has 14 nitrogen and oxygen atoms in total. The van der Waals surface area contributed by atoms with Crippen molar-refractivity contribution in [3.8, 4) is 0 Å². The van der Waals surface area contributed by atoms with Gasteiger partial charge in [-0.2, -0.15) is 0 Å². The fourth-order valence-corrected chi connectivity index (χ4v) is 4.93. The van der Waals surface area contributed by atoms with Crippen LogP contribution in [0.5, 0.6) is 0 Å². The van der Waals surface area contributed by atoms with Crippen molar-refractivity contribution in [2.45, 2.75) is 128 Å². The van der Waals surface area contributed by atoms with Crippen LogP contribution in [0.1, 0.15) is 116 Å². The normalized spacial score (nSPS) is 12.2. The average Bonchev–Trinajstić information content (AvgIpc) is 3.02. The lowest BCUT2D eigenvalue weighted by Gasteiger charge is -2.14. The first-order valence-electron chi connectivity index (χ1n) is 16.9. The molecule has 0 aromatic heterocycles. The van der Waals surface area contributed by atoms with Crippen molar-refractivity contribution >= 4 is 48.3 Å². The zero-order valence-electron chi connectivity index (χ0n) is 28.0. The number of nitrogens with one attached hydrogen (secondary N) is 4. The summed E-state index contributed by atoms with van der Waals surface area (Å²) in [5.74, 6) is -2.83. The van der Waals surface area contributed by atoms with Gasteiger partial charge in [0.15, 0.2) is 0 Å². The Balaban J connectivity index is 3.75. The Morgan fingerprint density at radius 3 is 1.74 bits per heavy atom. The molecular weight excluding hydrogens is 632 g/mol. The Hall–Kier alpha value is -2.75. The maximum Gasteiger partial charge on any atom is 0.326 e. The number of carboxylic acid groups (broad SMARTS) is 2. The monoisotopic (exact) mass is 690 g/mol. The highest BCUT2D eigenvalue weighted by molar-refractivity contribution is 7.78. The third-order valence-corrected chi connectivity index (χ3v) is 7.71. The maximum absolute atomic E-state index is 12.2. The topological polar surface area (TPSA) is 209 Å². The van der Waals surface area contributed by atoms with Crippen LogP contribution < -0.4 is 20.7 Å². The molecule has 6 N–H and O–H groups in total. The van der Waals surface area contributed by atoms with Crippen LogP contribution in [0.3, 0.4) is 0 Å². The van der Waals surface area contributed by atoms with Gasteiger partial charge < -0.3 is 35.6 Å². The van der Waals surface area contributed by atoms with Crippen LogP contribution in [0.15, 0.2) is 0 Å². The van der Waals surface area contributed by atoms with Crippen molar-refractivity contribution < 1.29 is 48.5 Å². The van der Waals surface area contributed by atoms with Gasteiger partial charge in [-0.15, -0.1) is 0 Å². The quantitative estimate of drug-likeness (QED) is 0.0393. The van der Waals surface area contributed by atoms with Crippen LogP contribution in [-0.2, 0) is 38.2 Å². The number of carbonyl (C=O) groups excluding carboxylic acids is 4. The summed E-state index contributed by atoms with van der Waals surface area (Å²) in [5, 5.41) is 26.0. The summed E-state index contributed by atoms with van der Waals surface area (Å²) in [4.78, 5) is 69.5. The number of hydrogen-bond donors (Lipinski definition) is 7. The first-order valence-corrected chi connectivity index (χ1v) is 17.3. The second-order valence-corrected chi connectivity index (χ2v) is 11.8. The molecule has 0 fully saturated rings. The predicted molar refractivity (Wildman–Crippen MR) is 180 cm³/mol. The van der Waals surface area contributed by atoms with Gasteiger partial charge in [-0.05, 0) is 45.4 Å². The van der Waals surface area contributed by atoms with Gasteiger partial charge in [-0.3, -0.25) is 28.7 Å². The molecule has 0 aromatic carbocycles. The van der Waals surface area contributed by atoms with Gasteiger partial charge in [0, 0.05) is 32.4 Å². The van der Waals surface area contributed by atoms with Crippen molar-refractivity contribution in [3.63, 3.8) is 0 Å². The van der Waals surface area contributed by atoms with E-state index in [1.54, 1.807) is 0 Å². The molecular formula is C32H58N4O10S. The number of carbonyl (C=O) groups is 6. The van der Waals surface area contributed by atoms with E-state index < -0.39 is 18.0 Å². The number of unbranched alkanes of at least 4 members (excludes halogenated alkanes) is 10. The van der Waals surface area contributed by atoms with Crippen LogP contribution in [0, 0.1) is 0 Å².